The SMILES string of the molecule is COC(=O)c1ccc(OC)c(S(=O)(=O)N2Cc3ccccc3C(c3cnn(C)c3)C2)c1. The molecule has 2 heterocycles. The van der Waals surface area contributed by atoms with E-state index in [1.807, 2.05) is 37.5 Å². The van der Waals surface area contributed by atoms with Crippen molar-refractivity contribution in [2.24, 2.45) is 7.05 Å². The predicted octanol–water partition coefficient (Wildman–Crippen LogP) is 2.55. The molecule has 0 spiro atoms. The highest BCUT2D eigenvalue weighted by molar-refractivity contribution is 7.89. The number of fused-ring (bicyclic) bond motifs is 1. The molecule has 1 atom stereocenters. The van der Waals surface area contributed by atoms with E-state index in [9.17, 15) is 13.2 Å². The van der Waals surface area contributed by atoms with Crippen LogP contribution >= 0.6 is 0 Å². The van der Waals surface area contributed by atoms with Crippen LogP contribution in [0, 0.1) is 0 Å². The van der Waals surface area contributed by atoms with Crippen LogP contribution < -0.4 is 4.74 Å². The summed E-state index contributed by atoms with van der Waals surface area (Å²) in [5, 5.41) is 4.26. The molecule has 0 bridgehead atoms. The van der Waals surface area contributed by atoms with Gasteiger partial charge in [0, 0.05) is 32.3 Å². The van der Waals surface area contributed by atoms with Crippen LogP contribution in [0.2, 0.25) is 0 Å². The highest BCUT2D eigenvalue weighted by Crippen LogP contribution is 2.37. The standard InChI is InChI=1S/C22H23N3O5S/c1-24-12-17(11-23-24)19-14-25(13-16-6-4-5-7-18(16)19)31(27,28)21-10-15(22(26)30-3)8-9-20(21)29-2/h4-12,19H,13-14H2,1-3H3. The molecule has 2 aromatic carbocycles. The largest absolute Gasteiger partial charge is 0.495 e. The summed E-state index contributed by atoms with van der Waals surface area (Å²) in [4.78, 5) is 11.9. The Morgan fingerprint density at radius 1 is 1.16 bits per heavy atom. The van der Waals surface area contributed by atoms with Crippen LogP contribution in [0.1, 0.15) is 33.0 Å². The van der Waals surface area contributed by atoms with Gasteiger partial charge in [-0.3, -0.25) is 4.68 Å². The minimum atomic E-state index is -3.97. The van der Waals surface area contributed by atoms with Gasteiger partial charge in [-0.25, -0.2) is 13.2 Å². The minimum Gasteiger partial charge on any atom is -0.495 e. The fourth-order valence-corrected chi connectivity index (χ4v) is 5.54. The van der Waals surface area contributed by atoms with Gasteiger partial charge in [-0.2, -0.15) is 9.40 Å². The van der Waals surface area contributed by atoms with E-state index in [1.54, 1.807) is 10.9 Å². The first-order valence-corrected chi connectivity index (χ1v) is 11.1. The fraction of sp³-hybridized carbons (Fsp3) is 0.273. The summed E-state index contributed by atoms with van der Waals surface area (Å²) >= 11 is 0. The normalized spacial score (nSPS) is 16.5. The number of sulfonamides is 1. The van der Waals surface area contributed by atoms with E-state index in [1.165, 1.54) is 36.7 Å². The molecule has 0 aliphatic carbocycles. The third-order valence-corrected chi connectivity index (χ3v) is 7.33. The number of aromatic nitrogens is 2. The van der Waals surface area contributed by atoms with Gasteiger partial charge in [0.05, 0.1) is 26.0 Å². The molecule has 0 fully saturated rings. The molecule has 162 valence electrons. The maximum Gasteiger partial charge on any atom is 0.337 e. The van der Waals surface area contributed by atoms with Crippen LogP contribution in [0.5, 0.6) is 5.75 Å². The first kappa shape index (κ1) is 21.1. The van der Waals surface area contributed by atoms with Gasteiger partial charge in [0.2, 0.25) is 10.0 Å². The third kappa shape index (κ3) is 3.82. The Morgan fingerprint density at radius 3 is 2.61 bits per heavy atom. The molecule has 9 heteroatoms. The summed E-state index contributed by atoms with van der Waals surface area (Å²) in [5.74, 6) is -0.607. The molecule has 1 aromatic heterocycles. The molecule has 0 N–H and O–H groups in total. The number of ether oxygens (including phenoxy) is 2. The molecule has 31 heavy (non-hydrogen) atoms. The van der Waals surface area contributed by atoms with Crippen LogP contribution in [0.25, 0.3) is 0 Å². The van der Waals surface area contributed by atoms with E-state index in [-0.39, 0.29) is 35.2 Å². The lowest BCUT2D eigenvalue weighted by Crippen LogP contribution is -2.38. The number of methoxy groups -OCH3 is 2. The number of rotatable bonds is 5. The number of carbonyl (C=O) groups excluding carboxylic acids is 1. The lowest BCUT2D eigenvalue weighted by atomic mass is 9.87. The monoisotopic (exact) mass is 441 g/mol. The van der Waals surface area contributed by atoms with Crippen molar-refractivity contribution in [1.82, 2.24) is 14.1 Å². The third-order valence-electron chi connectivity index (χ3n) is 5.49. The summed E-state index contributed by atoms with van der Waals surface area (Å²) in [6.07, 6.45) is 3.66. The quantitative estimate of drug-likeness (QED) is 0.565. The average molecular weight is 442 g/mol. The summed E-state index contributed by atoms with van der Waals surface area (Å²) in [6.45, 7) is 0.470. The minimum absolute atomic E-state index is 0.0674. The van der Waals surface area contributed by atoms with E-state index < -0.39 is 16.0 Å². The van der Waals surface area contributed by atoms with Gasteiger partial charge in [-0.05, 0) is 34.9 Å². The number of aryl methyl sites for hydroxylation is 1. The van der Waals surface area contributed by atoms with Crippen molar-refractivity contribution in [3.05, 3.63) is 77.1 Å². The van der Waals surface area contributed by atoms with Gasteiger partial charge >= 0.3 is 5.97 Å². The van der Waals surface area contributed by atoms with Crippen LogP contribution in [0.15, 0.2) is 59.8 Å². The second kappa shape index (κ2) is 8.16. The number of carbonyl (C=O) groups is 1. The van der Waals surface area contributed by atoms with E-state index in [0.29, 0.717) is 0 Å². The number of hydrogen-bond acceptors (Lipinski definition) is 6. The molecular weight excluding hydrogens is 418 g/mol. The second-order valence-corrected chi connectivity index (χ2v) is 9.26. The zero-order valence-corrected chi connectivity index (χ0v) is 18.3. The Hall–Kier alpha value is -3.17. The summed E-state index contributed by atoms with van der Waals surface area (Å²) in [6, 6.07) is 12.1. The number of hydrogen-bond donors (Lipinski definition) is 0. The lowest BCUT2D eigenvalue weighted by Gasteiger charge is -2.34. The average Bonchev–Trinajstić information content (AvgIpc) is 3.23. The molecule has 8 nitrogen and oxygen atoms in total. The molecule has 4 rings (SSSR count). The van der Waals surface area contributed by atoms with Crippen molar-refractivity contribution in [3.8, 4) is 5.75 Å². The Bertz CT molecular complexity index is 1240. The van der Waals surface area contributed by atoms with Crippen molar-refractivity contribution in [2.45, 2.75) is 17.4 Å². The zero-order valence-electron chi connectivity index (χ0n) is 17.5. The molecule has 0 saturated carbocycles. The molecule has 1 aliphatic rings. The first-order chi connectivity index (χ1) is 14.8. The van der Waals surface area contributed by atoms with Gasteiger partial charge in [0.15, 0.2) is 0 Å². The van der Waals surface area contributed by atoms with Gasteiger partial charge in [0.25, 0.3) is 0 Å². The number of nitrogens with zero attached hydrogens (tertiary/aromatic N) is 3. The van der Waals surface area contributed by atoms with Gasteiger partial charge in [-0.1, -0.05) is 24.3 Å². The van der Waals surface area contributed by atoms with Crippen LogP contribution in [0.3, 0.4) is 0 Å². The molecule has 0 amide bonds. The van der Waals surface area contributed by atoms with Crippen LogP contribution in [0.4, 0.5) is 0 Å². The van der Waals surface area contributed by atoms with Crippen molar-refractivity contribution in [2.75, 3.05) is 20.8 Å². The summed E-state index contributed by atoms with van der Waals surface area (Å²) in [5.41, 5.74) is 3.08. The topological polar surface area (TPSA) is 90.7 Å². The maximum absolute atomic E-state index is 13.7. The molecular formula is C22H23N3O5S. The first-order valence-electron chi connectivity index (χ1n) is 9.68. The van der Waals surface area contributed by atoms with Crippen LogP contribution in [-0.2, 0) is 28.4 Å². The predicted molar refractivity (Wildman–Crippen MR) is 113 cm³/mol. The highest BCUT2D eigenvalue weighted by Gasteiger charge is 2.36. The van der Waals surface area contributed by atoms with E-state index in [2.05, 4.69) is 5.10 Å². The Morgan fingerprint density at radius 2 is 1.94 bits per heavy atom. The van der Waals surface area contributed by atoms with Gasteiger partial charge < -0.3 is 9.47 Å². The molecule has 0 saturated heterocycles. The molecule has 1 aliphatic heterocycles. The summed E-state index contributed by atoms with van der Waals surface area (Å²) < 4.78 is 40.6. The number of benzene rings is 2. The van der Waals surface area contributed by atoms with Crippen molar-refractivity contribution in [3.63, 3.8) is 0 Å². The second-order valence-electron chi connectivity index (χ2n) is 7.35. The maximum atomic E-state index is 13.7. The highest BCUT2D eigenvalue weighted by atomic mass is 32.2. The Labute approximate surface area is 181 Å². The van der Waals surface area contributed by atoms with Gasteiger partial charge in [0.1, 0.15) is 10.6 Å². The van der Waals surface area contributed by atoms with Crippen molar-refractivity contribution >= 4 is 16.0 Å². The van der Waals surface area contributed by atoms with Crippen molar-refractivity contribution in [1.29, 1.82) is 0 Å². The smallest absolute Gasteiger partial charge is 0.337 e. The van der Waals surface area contributed by atoms with Crippen molar-refractivity contribution < 1.29 is 22.7 Å². The van der Waals surface area contributed by atoms with E-state index >= 15 is 0 Å². The lowest BCUT2D eigenvalue weighted by molar-refractivity contribution is 0.0600. The number of esters is 1. The zero-order chi connectivity index (χ0) is 22.2. The molecule has 1 unspecified atom stereocenters. The van der Waals surface area contributed by atoms with Crippen LogP contribution in [-0.4, -0.2) is 49.2 Å². The molecule has 0 radical (unpaired) electrons. The summed E-state index contributed by atoms with van der Waals surface area (Å²) in [7, 11) is 0.506. The van der Waals surface area contributed by atoms with E-state index in [4.69, 9.17) is 9.47 Å². The Balaban J connectivity index is 1.80. The fourth-order valence-electron chi connectivity index (χ4n) is 3.93. The Kier molecular flexibility index (Phi) is 5.55. The van der Waals surface area contributed by atoms with E-state index in [0.717, 1.165) is 16.7 Å². The van der Waals surface area contributed by atoms with Gasteiger partial charge in [-0.15, -0.1) is 0 Å². The molecule has 3 aromatic rings.